The molecule has 25 heavy (non-hydrogen) atoms. The van der Waals surface area contributed by atoms with Gasteiger partial charge in [-0.15, -0.1) is 0 Å². The van der Waals surface area contributed by atoms with E-state index >= 15 is 0 Å². The lowest BCUT2D eigenvalue weighted by Crippen LogP contribution is -2.32. The molecule has 0 aliphatic heterocycles. The maximum atomic E-state index is 9.99. The summed E-state index contributed by atoms with van der Waals surface area (Å²) in [6, 6.07) is 14.5. The highest BCUT2D eigenvalue weighted by Gasteiger charge is 2.23. The zero-order valence-corrected chi connectivity index (χ0v) is 14.8. The van der Waals surface area contributed by atoms with Crippen molar-refractivity contribution in [2.24, 2.45) is 7.05 Å². The minimum atomic E-state index is 0.679. The van der Waals surface area contributed by atoms with Gasteiger partial charge in [-0.2, -0.15) is 5.26 Å². The zero-order valence-electron chi connectivity index (χ0n) is 14.8. The number of fused-ring (bicyclic) bond motifs is 3. The molecular formula is C22H19N2O+. The van der Waals surface area contributed by atoms with Crippen molar-refractivity contribution < 1.29 is 8.98 Å². The number of furan rings is 1. The van der Waals surface area contributed by atoms with Gasteiger partial charge >= 0.3 is 0 Å². The Morgan fingerprint density at radius 1 is 0.960 bits per heavy atom. The van der Waals surface area contributed by atoms with Gasteiger partial charge in [0.1, 0.15) is 24.3 Å². The maximum Gasteiger partial charge on any atom is 0.214 e. The molecule has 0 saturated heterocycles. The molecule has 0 radical (unpaired) electrons. The molecule has 0 aliphatic rings. The van der Waals surface area contributed by atoms with Gasteiger partial charge in [0.05, 0.1) is 11.1 Å². The van der Waals surface area contributed by atoms with Crippen LogP contribution in [0.25, 0.3) is 33.2 Å². The first-order chi connectivity index (χ1) is 12.0. The molecular weight excluding hydrogens is 308 g/mol. The number of aryl methyl sites for hydroxylation is 4. The zero-order chi connectivity index (χ0) is 17.7. The summed E-state index contributed by atoms with van der Waals surface area (Å²) < 4.78 is 8.08. The van der Waals surface area contributed by atoms with Gasteiger partial charge in [-0.1, -0.05) is 18.2 Å². The first kappa shape index (κ1) is 15.4. The van der Waals surface area contributed by atoms with Crippen molar-refractivity contribution in [3.63, 3.8) is 0 Å². The average Bonchev–Trinajstić information content (AvgIpc) is 2.95. The van der Waals surface area contributed by atoms with Crippen LogP contribution >= 0.6 is 0 Å². The summed E-state index contributed by atoms with van der Waals surface area (Å²) in [5.41, 5.74) is 7.78. The molecule has 3 heteroatoms. The van der Waals surface area contributed by atoms with Gasteiger partial charge < -0.3 is 4.42 Å². The van der Waals surface area contributed by atoms with Crippen molar-refractivity contribution in [1.29, 1.82) is 5.26 Å². The SMILES string of the molecule is Cc1cc(-c2c(C)cc3oc4ccccc4c3c2C#N)[n+](C)cc1C. The largest absolute Gasteiger partial charge is 0.456 e. The number of pyridine rings is 1. The Bertz CT molecular complexity index is 1190. The third-order valence-corrected chi connectivity index (χ3v) is 4.98. The van der Waals surface area contributed by atoms with E-state index in [0.717, 1.165) is 38.8 Å². The lowest BCUT2D eigenvalue weighted by Gasteiger charge is -2.09. The van der Waals surface area contributed by atoms with Gasteiger partial charge in [-0.3, -0.25) is 0 Å². The molecule has 3 nitrogen and oxygen atoms in total. The molecule has 4 rings (SSSR count). The number of benzene rings is 2. The van der Waals surface area contributed by atoms with Gasteiger partial charge in [0, 0.05) is 22.4 Å². The van der Waals surface area contributed by atoms with Crippen LogP contribution in [0, 0.1) is 32.1 Å². The van der Waals surface area contributed by atoms with E-state index in [-0.39, 0.29) is 0 Å². The molecule has 0 saturated carbocycles. The fraction of sp³-hybridized carbons (Fsp3) is 0.182. The summed E-state index contributed by atoms with van der Waals surface area (Å²) in [5, 5.41) is 11.9. The van der Waals surface area contributed by atoms with Crippen LogP contribution in [0.4, 0.5) is 0 Å². The van der Waals surface area contributed by atoms with Crippen LogP contribution in [0.5, 0.6) is 0 Å². The van der Waals surface area contributed by atoms with Gasteiger partial charge in [0.2, 0.25) is 5.69 Å². The predicted octanol–water partition coefficient (Wildman–Crippen LogP) is 4.87. The van der Waals surface area contributed by atoms with Crippen molar-refractivity contribution >= 4 is 21.9 Å². The number of para-hydroxylation sites is 1. The van der Waals surface area contributed by atoms with Gasteiger partial charge in [0.25, 0.3) is 0 Å². The van der Waals surface area contributed by atoms with Crippen LogP contribution in [-0.4, -0.2) is 0 Å². The van der Waals surface area contributed by atoms with E-state index in [1.807, 2.05) is 44.3 Å². The van der Waals surface area contributed by atoms with Crippen LogP contribution in [-0.2, 0) is 7.05 Å². The minimum Gasteiger partial charge on any atom is -0.456 e. The van der Waals surface area contributed by atoms with E-state index in [1.54, 1.807) is 0 Å². The normalized spacial score (nSPS) is 11.2. The number of hydrogen-bond donors (Lipinski definition) is 0. The fourth-order valence-electron chi connectivity index (χ4n) is 3.59. The average molecular weight is 327 g/mol. The Hall–Kier alpha value is -3.12. The number of nitriles is 1. The van der Waals surface area contributed by atoms with E-state index in [0.29, 0.717) is 5.56 Å². The quantitative estimate of drug-likeness (QED) is 0.468. The second kappa shape index (κ2) is 5.46. The first-order valence-corrected chi connectivity index (χ1v) is 8.33. The molecule has 2 heterocycles. The summed E-state index contributed by atoms with van der Waals surface area (Å²) in [6.45, 7) is 6.24. The molecule has 4 aromatic rings. The van der Waals surface area contributed by atoms with E-state index in [2.05, 4.69) is 36.7 Å². The lowest BCUT2D eigenvalue weighted by atomic mass is 9.93. The van der Waals surface area contributed by atoms with Gasteiger partial charge in [-0.25, -0.2) is 4.57 Å². The predicted molar refractivity (Wildman–Crippen MR) is 99.3 cm³/mol. The van der Waals surface area contributed by atoms with Crippen molar-refractivity contribution in [1.82, 2.24) is 0 Å². The molecule has 0 aliphatic carbocycles. The Morgan fingerprint density at radius 3 is 2.48 bits per heavy atom. The summed E-state index contributed by atoms with van der Waals surface area (Å²) in [6.07, 6.45) is 2.11. The van der Waals surface area contributed by atoms with Crippen LogP contribution in [0.2, 0.25) is 0 Å². The smallest absolute Gasteiger partial charge is 0.214 e. The van der Waals surface area contributed by atoms with E-state index in [4.69, 9.17) is 4.42 Å². The van der Waals surface area contributed by atoms with Crippen LogP contribution in [0.15, 0.2) is 47.0 Å². The molecule has 2 aromatic carbocycles. The Labute approximate surface area is 146 Å². The van der Waals surface area contributed by atoms with Gasteiger partial charge in [-0.05, 0) is 44.0 Å². The minimum absolute atomic E-state index is 0.679. The third-order valence-electron chi connectivity index (χ3n) is 4.98. The standard InChI is InChI=1S/C22H19N2O/c1-13-9-18(24(4)12-15(13)3)21-14(2)10-20-22(17(21)11-23)16-7-5-6-8-19(16)25-20/h5-10,12H,1-4H3/q+1. The van der Waals surface area contributed by atoms with Crippen molar-refractivity contribution in [2.45, 2.75) is 20.8 Å². The summed E-state index contributed by atoms with van der Waals surface area (Å²) in [7, 11) is 2.03. The molecule has 0 unspecified atom stereocenters. The maximum absolute atomic E-state index is 9.99. The number of rotatable bonds is 1. The molecule has 0 spiro atoms. The molecule has 0 N–H and O–H groups in total. The monoisotopic (exact) mass is 327 g/mol. The van der Waals surface area contributed by atoms with Crippen LogP contribution in [0.3, 0.4) is 0 Å². The van der Waals surface area contributed by atoms with E-state index < -0.39 is 0 Å². The molecule has 0 fully saturated rings. The molecule has 0 amide bonds. The molecule has 122 valence electrons. The van der Waals surface area contributed by atoms with Crippen molar-refractivity contribution in [3.05, 3.63) is 64.8 Å². The van der Waals surface area contributed by atoms with E-state index in [9.17, 15) is 5.26 Å². The fourth-order valence-corrected chi connectivity index (χ4v) is 3.59. The molecule has 0 bridgehead atoms. The molecule has 2 aromatic heterocycles. The highest BCUT2D eigenvalue weighted by molar-refractivity contribution is 6.10. The number of aromatic nitrogens is 1. The number of nitrogens with zero attached hydrogens (tertiary/aromatic N) is 2. The lowest BCUT2D eigenvalue weighted by molar-refractivity contribution is -0.660. The van der Waals surface area contributed by atoms with Crippen molar-refractivity contribution in [2.75, 3.05) is 0 Å². The second-order valence-electron chi connectivity index (χ2n) is 6.66. The summed E-state index contributed by atoms with van der Waals surface area (Å²) in [5.74, 6) is 0. The first-order valence-electron chi connectivity index (χ1n) is 8.33. The topological polar surface area (TPSA) is 40.8 Å². The Morgan fingerprint density at radius 2 is 1.72 bits per heavy atom. The van der Waals surface area contributed by atoms with Crippen LogP contribution < -0.4 is 4.57 Å². The van der Waals surface area contributed by atoms with Crippen LogP contribution in [0.1, 0.15) is 22.3 Å². The highest BCUT2D eigenvalue weighted by atomic mass is 16.3. The van der Waals surface area contributed by atoms with E-state index in [1.165, 1.54) is 11.1 Å². The number of hydrogen-bond acceptors (Lipinski definition) is 2. The Kier molecular flexibility index (Phi) is 3.36. The third kappa shape index (κ3) is 2.22. The summed E-state index contributed by atoms with van der Waals surface area (Å²) >= 11 is 0. The second-order valence-corrected chi connectivity index (χ2v) is 6.66. The van der Waals surface area contributed by atoms with Gasteiger partial charge in [0.15, 0.2) is 6.20 Å². The highest BCUT2D eigenvalue weighted by Crippen LogP contribution is 2.37. The summed E-state index contributed by atoms with van der Waals surface area (Å²) in [4.78, 5) is 0. The molecule has 0 atom stereocenters. The van der Waals surface area contributed by atoms with Crippen molar-refractivity contribution in [3.8, 4) is 17.3 Å². The Balaban J connectivity index is 2.18.